The van der Waals surface area contributed by atoms with E-state index in [1.165, 1.54) is 19.2 Å². The SMILES string of the molecule is COc1cc(C(=O)NC2C(C(=O)OC(C)(C)C)=Nc3ccccc32)cc(Cl)n1. The smallest absolute Gasteiger partial charge is 0.355 e. The molecule has 1 N–H and O–H groups in total. The summed E-state index contributed by atoms with van der Waals surface area (Å²) in [5, 5.41) is 2.96. The number of methoxy groups -OCH3 is 1. The molecule has 0 bridgehead atoms. The summed E-state index contributed by atoms with van der Waals surface area (Å²) in [7, 11) is 1.43. The molecule has 0 radical (unpaired) electrons. The Balaban J connectivity index is 1.91. The van der Waals surface area contributed by atoms with E-state index in [2.05, 4.69) is 15.3 Å². The molecule has 0 saturated carbocycles. The Kier molecular flexibility index (Phi) is 5.38. The molecule has 1 amide bonds. The van der Waals surface area contributed by atoms with E-state index >= 15 is 0 Å². The van der Waals surface area contributed by atoms with Gasteiger partial charge in [0.05, 0.1) is 12.8 Å². The highest BCUT2D eigenvalue weighted by Crippen LogP contribution is 2.35. The third-order valence-electron chi connectivity index (χ3n) is 3.89. The molecule has 0 saturated heterocycles. The van der Waals surface area contributed by atoms with Gasteiger partial charge in [-0.15, -0.1) is 0 Å². The van der Waals surface area contributed by atoms with Gasteiger partial charge in [-0.1, -0.05) is 29.8 Å². The Labute approximate surface area is 167 Å². The molecule has 2 heterocycles. The number of aliphatic imine (C=N–C) groups is 1. The van der Waals surface area contributed by atoms with Crippen LogP contribution in [0.4, 0.5) is 5.69 Å². The van der Waals surface area contributed by atoms with Crippen molar-refractivity contribution in [3.05, 3.63) is 52.7 Å². The van der Waals surface area contributed by atoms with Gasteiger partial charge >= 0.3 is 5.97 Å². The Morgan fingerprint density at radius 3 is 2.57 bits per heavy atom. The summed E-state index contributed by atoms with van der Waals surface area (Å²) < 4.78 is 10.5. The molecule has 7 nitrogen and oxygen atoms in total. The van der Waals surface area contributed by atoms with Crippen molar-refractivity contribution in [1.82, 2.24) is 10.3 Å². The predicted octanol–water partition coefficient (Wildman–Crippen LogP) is 3.64. The van der Waals surface area contributed by atoms with Crippen LogP contribution in [0.5, 0.6) is 5.88 Å². The molecule has 2 aromatic rings. The van der Waals surface area contributed by atoms with E-state index in [0.717, 1.165) is 0 Å². The van der Waals surface area contributed by atoms with Crippen molar-refractivity contribution >= 4 is 34.9 Å². The number of carbonyl (C=O) groups is 2. The second-order valence-electron chi connectivity index (χ2n) is 7.19. The largest absolute Gasteiger partial charge is 0.481 e. The molecule has 8 heteroatoms. The van der Waals surface area contributed by atoms with Crippen LogP contribution in [-0.2, 0) is 9.53 Å². The lowest BCUT2D eigenvalue weighted by molar-refractivity contribution is -0.146. The quantitative estimate of drug-likeness (QED) is 0.624. The van der Waals surface area contributed by atoms with Crippen molar-refractivity contribution in [3.8, 4) is 5.88 Å². The number of para-hydroxylation sites is 1. The fourth-order valence-corrected chi connectivity index (χ4v) is 2.94. The van der Waals surface area contributed by atoms with Gasteiger partial charge in [0.1, 0.15) is 16.8 Å². The van der Waals surface area contributed by atoms with Gasteiger partial charge in [0.25, 0.3) is 5.91 Å². The van der Waals surface area contributed by atoms with Crippen molar-refractivity contribution in [3.63, 3.8) is 0 Å². The molecular formula is C20H20ClN3O4. The van der Waals surface area contributed by atoms with Crippen LogP contribution in [0.3, 0.4) is 0 Å². The molecule has 3 rings (SSSR count). The molecule has 0 fully saturated rings. The number of aromatic nitrogens is 1. The van der Waals surface area contributed by atoms with Crippen molar-refractivity contribution in [2.24, 2.45) is 4.99 Å². The number of amides is 1. The van der Waals surface area contributed by atoms with Crippen LogP contribution in [0.15, 0.2) is 41.4 Å². The maximum Gasteiger partial charge on any atom is 0.355 e. The lowest BCUT2D eigenvalue weighted by atomic mass is 10.0. The number of hydrogen-bond acceptors (Lipinski definition) is 6. The molecule has 0 spiro atoms. The second-order valence-corrected chi connectivity index (χ2v) is 7.57. The fraction of sp³-hybridized carbons (Fsp3) is 0.300. The highest BCUT2D eigenvalue weighted by atomic mass is 35.5. The van der Waals surface area contributed by atoms with Crippen LogP contribution in [0, 0.1) is 0 Å². The Hall–Kier alpha value is -2.93. The number of nitrogens with one attached hydrogen (secondary N) is 1. The standard InChI is InChI=1S/C20H20ClN3O4/c1-20(2,3)28-19(26)17-16(12-7-5-6-8-13(12)22-17)24-18(25)11-9-14(21)23-15(10-11)27-4/h5-10,16H,1-4H3,(H,24,25). The molecule has 1 atom stereocenters. The second kappa shape index (κ2) is 7.59. The molecule has 1 aliphatic heterocycles. The average Bonchev–Trinajstić information content (AvgIpc) is 2.98. The van der Waals surface area contributed by atoms with E-state index in [-0.39, 0.29) is 22.3 Å². The van der Waals surface area contributed by atoms with Crippen LogP contribution < -0.4 is 10.1 Å². The topological polar surface area (TPSA) is 89.9 Å². The molecule has 146 valence electrons. The molecule has 1 aromatic carbocycles. The highest BCUT2D eigenvalue weighted by molar-refractivity contribution is 6.40. The van der Waals surface area contributed by atoms with Gasteiger partial charge in [-0.25, -0.2) is 14.8 Å². The number of carbonyl (C=O) groups excluding carboxylic acids is 2. The van der Waals surface area contributed by atoms with E-state index in [9.17, 15) is 9.59 Å². The van der Waals surface area contributed by atoms with E-state index in [0.29, 0.717) is 11.3 Å². The monoisotopic (exact) mass is 401 g/mol. The number of ether oxygens (including phenoxy) is 2. The fourth-order valence-electron chi connectivity index (χ4n) is 2.74. The average molecular weight is 402 g/mol. The van der Waals surface area contributed by atoms with Gasteiger partial charge in [-0.05, 0) is 32.9 Å². The Bertz CT molecular complexity index is 966. The van der Waals surface area contributed by atoms with Gasteiger partial charge in [-0.3, -0.25) is 4.79 Å². The maximum absolute atomic E-state index is 12.8. The van der Waals surface area contributed by atoms with Crippen molar-refractivity contribution < 1.29 is 19.1 Å². The van der Waals surface area contributed by atoms with Crippen molar-refractivity contribution in [2.75, 3.05) is 7.11 Å². The third kappa shape index (κ3) is 4.31. The zero-order chi connectivity index (χ0) is 20.5. The number of fused-ring (bicyclic) bond motifs is 1. The summed E-state index contributed by atoms with van der Waals surface area (Å²) in [5.41, 5.74) is 1.01. The summed E-state index contributed by atoms with van der Waals surface area (Å²) in [6.45, 7) is 5.31. The first-order valence-corrected chi connectivity index (χ1v) is 8.99. The predicted molar refractivity (Wildman–Crippen MR) is 105 cm³/mol. The highest BCUT2D eigenvalue weighted by Gasteiger charge is 2.35. The summed E-state index contributed by atoms with van der Waals surface area (Å²) in [5.74, 6) is -0.814. The van der Waals surface area contributed by atoms with Crippen LogP contribution in [0.2, 0.25) is 5.15 Å². The zero-order valence-corrected chi connectivity index (χ0v) is 16.7. The molecule has 0 aliphatic carbocycles. The lowest BCUT2D eigenvalue weighted by Crippen LogP contribution is -2.38. The normalized spacial score (nSPS) is 15.5. The van der Waals surface area contributed by atoms with Crippen molar-refractivity contribution in [2.45, 2.75) is 32.4 Å². The number of benzene rings is 1. The Morgan fingerprint density at radius 2 is 1.89 bits per heavy atom. The summed E-state index contributed by atoms with van der Waals surface area (Å²) in [6, 6.07) is 9.36. The first-order chi connectivity index (χ1) is 13.2. The van der Waals surface area contributed by atoms with E-state index in [4.69, 9.17) is 21.1 Å². The van der Waals surface area contributed by atoms with Gasteiger partial charge in [-0.2, -0.15) is 0 Å². The number of hydrogen-bond donors (Lipinski definition) is 1. The third-order valence-corrected chi connectivity index (χ3v) is 4.08. The van der Waals surface area contributed by atoms with Gasteiger partial charge in [0.2, 0.25) is 5.88 Å². The minimum absolute atomic E-state index is 0.122. The number of rotatable bonds is 4. The van der Waals surface area contributed by atoms with E-state index in [1.807, 2.05) is 12.1 Å². The number of halogens is 1. The van der Waals surface area contributed by atoms with Gasteiger partial charge < -0.3 is 14.8 Å². The van der Waals surface area contributed by atoms with E-state index < -0.39 is 23.5 Å². The number of pyridine rings is 1. The van der Waals surface area contributed by atoms with Crippen molar-refractivity contribution in [1.29, 1.82) is 0 Å². The lowest BCUT2D eigenvalue weighted by Gasteiger charge is -2.22. The summed E-state index contributed by atoms with van der Waals surface area (Å²) in [6.07, 6.45) is 0. The van der Waals surface area contributed by atoms with Gasteiger partial charge in [0, 0.05) is 17.2 Å². The minimum Gasteiger partial charge on any atom is -0.481 e. The van der Waals surface area contributed by atoms with Crippen LogP contribution in [-0.4, -0.2) is 35.3 Å². The van der Waals surface area contributed by atoms with E-state index in [1.54, 1.807) is 32.9 Å². The van der Waals surface area contributed by atoms with Crippen LogP contribution in [0.1, 0.15) is 42.7 Å². The number of esters is 1. The molecule has 1 aliphatic rings. The summed E-state index contributed by atoms with van der Waals surface area (Å²) in [4.78, 5) is 33.8. The molecule has 1 unspecified atom stereocenters. The first kappa shape index (κ1) is 19.8. The summed E-state index contributed by atoms with van der Waals surface area (Å²) >= 11 is 5.95. The molecule has 28 heavy (non-hydrogen) atoms. The molecule has 1 aromatic heterocycles. The Morgan fingerprint density at radius 1 is 1.18 bits per heavy atom. The first-order valence-electron chi connectivity index (χ1n) is 8.61. The van der Waals surface area contributed by atoms with Crippen LogP contribution in [0.25, 0.3) is 0 Å². The maximum atomic E-state index is 12.8. The van der Waals surface area contributed by atoms with Gasteiger partial charge in [0.15, 0.2) is 5.71 Å². The van der Waals surface area contributed by atoms with Crippen LogP contribution >= 0.6 is 11.6 Å². The zero-order valence-electron chi connectivity index (χ0n) is 15.9. The molecular weight excluding hydrogens is 382 g/mol. The minimum atomic E-state index is -0.739. The number of nitrogens with zero attached hydrogens (tertiary/aromatic N) is 2.